The maximum Gasteiger partial charge on any atom is 0.241 e. The van der Waals surface area contributed by atoms with Crippen LogP contribution in [0.1, 0.15) is 30.9 Å². The van der Waals surface area contributed by atoms with E-state index in [4.69, 9.17) is 10.5 Å². The third-order valence-electron chi connectivity index (χ3n) is 3.23. The highest BCUT2D eigenvalue weighted by Crippen LogP contribution is 2.19. The molecule has 0 saturated heterocycles. The lowest BCUT2D eigenvalue weighted by Gasteiger charge is -2.19. The van der Waals surface area contributed by atoms with Crippen LogP contribution in [0, 0.1) is 6.92 Å². The van der Waals surface area contributed by atoms with E-state index in [2.05, 4.69) is 4.72 Å². The molecule has 0 aliphatic rings. The van der Waals surface area contributed by atoms with E-state index in [1.807, 2.05) is 13.0 Å². The van der Waals surface area contributed by atoms with Gasteiger partial charge in [-0.05, 0) is 30.5 Å². The summed E-state index contributed by atoms with van der Waals surface area (Å²) in [5.41, 5.74) is 7.17. The lowest BCUT2D eigenvalue weighted by molar-refractivity contribution is 0.171. The first kappa shape index (κ1) is 17.1. The van der Waals surface area contributed by atoms with Gasteiger partial charge < -0.3 is 10.5 Å². The molecule has 0 radical (unpaired) electrons. The van der Waals surface area contributed by atoms with Gasteiger partial charge in [0.25, 0.3) is 0 Å². The van der Waals surface area contributed by atoms with Gasteiger partial charge in [-0.25, -0.2) is 13.1 Å². The van der Waals surface area contributed by atoms with Crippen molar-refractivity contribution in [3.63, 3.8) is 0 Å². The normalized spacial score (nSPS) is 13.4. The van der Waals surface area contributed by atoms with Crippen molar-refractivity contribution < 1.29 is 13.2 Å². The molecule has 1 aromatic carbocycles. The second-order valence-electron chi connectivity index (χ2n) is 4.81. The van der Waals surface area contributed by atoms with E-state index in [-0.39, 0.29) is 10.9 Å². The van der Waals surface area contributed by atoms with Crippen molar-refractivity contribution in [2.75, 3.05) is 13.7 Å². The van der Waals surface area contributed by atoms with E-state index in [0.29, 0.717) is 18.7 Å². The largest absolute Gasteiger partial charge is 0.383 e. The Hall–Kier alpha value is -0.950. The van der Waals surface area contributed by atoms with E-state index in [0.717, 1.165) is 18.4 Å². The molecule has 0 aliphatic carbocycles. The second kappa shape index (κ2) is 7.73. The van der Waals surface area contributed by atoms with Gasteiger partial charge in [-0.15, -0.1) is 0 Å². The second-order valence-corrected chi connectivity index (χ2v) is 6.49. The third kappa shape index (κ3) is 4.28. The van der Waals surface area contributed by atoms with Crippen molar-refractivity contribution in [3.05, 3.63) is 29.3 Å². The highest BCUT2D eigenvalue weighted by molar-refractivity contribution is 7.89. The number of nitrogens with two attached hydrogens (primary N) is 1. The van der Waals surface area contributed by atoms with Crippen LogP contribution < -0.4 is 10.5 Å². The van der Waals surface area contributed by atoms with Crippen LogP contribution in [0.4, 0.5) is 0 Å². The summed E-state index contributed by atoms with van der Waals surface area (Å²) in [5.74, 6) is 0. The van der Waals surface area contributed by atoms with Crippen LogP contribution in [0.2, 0.25) is 0 Å². The molecule has 0 bridgehead atoms. The molecule has 114 valence electrons. The zero-order valence-electron chi connectivity index (χ0n) is 12.3. The molecule has 1 unspecified atom stereocenters. The molecule has 0 aromatic heterocycles. The SMILES string of the molecule is CCCC(COC)NS(=O)(=O)c1cccc(CN)c1C. The monoisotopic (exact) mass is 300 g/mol. The van der Waals surface area contributed by atoms with Crippen LogP contribution >= 0.6 is 0 Å². The van der Waals surface area contributed by atoms with Crippen LogP contribution in [-0.4, -0.2) is 28.2 Å². The van der Waals surface area contributed by atoms with Crippen LogP contribution in [0.15, 0.2) is 23.1 Å². The molecule has 5 nitrogen and oxygen atoms in total. The molecule has 0 aliphatic heterocycles. The van der Waals surface area contributed by atoms with Gasteiger partial charge in [0.1, 0.15) is 0 Å². The van der Waals surface area contributed by atoms with Crippen molar-refractivity contribution in [1.82, 2.24) is 4.72 Å². The van der Waals surface area contributed by atoms with Gasteiger partial charge in [0.2, 0.25) is 10.0 Å². The number of ether oxygens (including phenoxy) is 1. The first-order valence-corrected chi connectivity index (χ1v) is 8.24. The standard InChI is InChI=1S/C14H24N2O3S/c1-4-6-13(10-19-3)16-20(17,18)14-8-5-7-12(9-15)11(14)2/h5,7-8,13,16H,4,6,9-10,15H2,1-3H3. The van der Waals surface area contributed by atoms with E-state index < -0.39 is 10.0 Å². The summed E-state index contributed by atoms with van der Waals surface area (Å²) in [5, 5.41) is 0. The minimum Gasteiger partial charge on any atom is -0.383 e. The smallest absolute Gasteiger partial charge is 0.241 e. The Kier molecular flexibility index (Phi) is 6.61. The minimum atomic E-state index is -3.55. The highest BCUT2D eigenvalue weighted by atomic mass is 32.2. The van der Waals surface area contributed by atoms with Gasteiger partial charge in [0.05, 0.1) is 11.5 Å². The van der Waals surface area contributed by atoms with E-state index in [1.165, 1.54) is 0 Å². The number of rotatable bonds is 8. The Morgan fingerprint density at radius 1 is 1.40 bits per heavy atom. The first-order valence-electron chi connectivity index (χ1n) is 6.76. The van der Waals surface area contributed by atoms with Crippen LogP contribution in [0.3, 0.4) is 0 Å². The number of methoxy groups -OCH3 is 1. The lowest BCUT2D eigenvalue weighted by Crippen LogP contribution is -2.38. The molecule has 0 fully saturated rings. The maximum absolute atomic E-state index is 12.5. The van der Waals surface area contributed by atoms with Gasteiger partial charge in [-0.2, -0.15) is 0 Å². The minimum absolute atomic E-state index is 0.212. The van der Waals surface area contributed by atoms with Gasteiger partial charge in [0, 0.05) is 19.7 Å². The zero-order valence-corrected chi connectivity index (χ0v) is 13.2. The average Bonchev–Trinajstić information content (AvgIpc) is 2.39. The molecule has 0 saturated carbocycles. The number of hydrogen-bond donors (Lipinski definition) is 2. The average molecular weight is 300 g/mol. The number of sulfonamides is 1. The summed E-state index contributed by atoms with van der Waals surface area (Å²) < 4.78 is 32.7. The summed E-state index contributed by atoms with van der Waals surface area (Å²) in [6.45, 7) is 4.48. The van der Waals surface area contributed by atoms with Gasteiger partial charge in [0.15, 0.2) is 0 Å². The number of nitrogens with one attached hydrogen (secondary N) is 1. The topological polar surface area (TPSA) is 81.4 Å². The van der Waals surface area contributed by atoms with Crippen molar-refractivity contribution in [1.29, 1.82) is 0 Å². The molecule has 6 heteroatoms. The molecule has 1 rings (SSSR count). The Bertz CT molecular complexity index is 523. The van der Waals surface area contributed by atoms with Crippen molar-refractivity contribution >= 4 is 10.0 Å². The molecule has 1 aromatic rings. The number of benzene rings is 1. The van der Waals surface area contributed by atoms with Crippen LogP contribution in [0.5, 0.6) is 0 Å². The predicted octanol–water partition coefficient (Wildman–Crippen LogP) is 1.55. The Balaban J connectivity index is 3.04. The summed E-state index contributed by atoms with van der Waals surface area (Å²) in [7, 11) is -1.99. The molecular formula is C14H24N2O3S. The Labute approximate surface area is 121 Å². The summed E-state index contributed by atoms with van der Waals surface area (Å²) in [6, 6.07) is 4.95. The van der Waals surface area contributed by atoms with Crippen LogP contribution in [-0.2, 0) is 21.3 Å². The maximum atomic E-state index is 12.5. The van der Waals surface area contributed by atoms with Gasteiger partial charge >= 0.3 is 0 Å². The molecule has 3 N–H and O–H groups in total. The van der Waals surface area contributed by atoms with Gasteiger partial charge in [-0.1, -0.05) is 25.5 Å². The molecule has 0 spiro atoms. The fourth-order valence-electron chi connectivity index (χ4n) is 2.18. The molecule has 1 atom stereocenters. The van der Waals surface area contributed by atoms with E-state index >= 15 is 0 Å². The Morgan fingerprint density at radius 3 is 2.65 bits per heavy atom. The zero-order chi connectivity index (χ0) is 15.2. The molecule has 20 heavy (non-hydrogen) atoms. The third-order valence-corrected chi connectivity index (χ3v) is 4.90. The summed E-state index contributed by atoms with van der Waals surface area (Å²) in [4.78, 5) is 0.289. The quantitative estimate of drug-likeness (QED) is 0.763. The first-order chi connectivity index (χ1) is 9.46. The molecular weight excluding hydrogens is 276 g/mol. The van der Waals surface area contributed by atoms with Gasteiger partial charge in [-0.3, -0.25) is 0 Å². The predicted molar refractivity (Wildman–Crippen MR) is 80.0 cm³/mol. The fraction of sp³-hybridized carbons (Fsp3) is 0.571. The highest BCUT2D eigenvalue weighted by Gasteiger charge is 2.22. The molecule has 0 heterocycles. The van der Waals surface area contributed by atoms with Crippen molar-refractivity contribution in [2.24, 2.45) is 5.73 Å². The van der Waals surface area contributed by atoms with Crippen molar-refractivity contribution in [3.8, 4) is 0 Å². The summed E-state index contributed by atoms with van der Waals surface area (Å²) >= 11 is 0. The van der Waals surface area contributed by atoms with E-state index in [9.17, 15) is 8.42 Å². The lowest BCUT2D eigenvalue weighted by atomic mass is 10.1. The molecule has 0 amide bonds. The Morgan fingerprint density at radius 2 is 2.10 bits per heavy atom. The van der Waals surface area contributed by atoms with Crippen LogP contribution in [0.25, 0.3) is 0 Å². The summed E-state index contributed by atoms with van der Waals surface area (Å²) in [6.07, 6.45) is 1.63. The number of hydrogen-bond acceptors (Lipinski definition) is 4. The van der Waals surface area contributed by atoms with Crippen molar-refractivity contribution in [2.45, 2.75) is 44.2 Å². The van der Waals surface area contributed by atoms with E-state index in [1.54, 1.807) is 26.2 Å². The fourth-order valence-corrected chi connectivity index (χ4v) is 3.72.